The molecule has 0 bridgehead atoms. The number of rotatable bonds is 0. The van der Waals surface area contributed by atoms with E-state index in [1.807, 2.05) is 0 Å². The average molecular weight is 523 g/mol. The molecule has 3 aliphatic carbocycles. The predicted molar refractivity (Wildman–Crippen MR) is 124 cm³/mol. The van der Waals surface area contributed by atoms with Crippen molar-refractivity contribution in [1.82, 2.24) is 0 Å². The van der Waals surface area contributed by atoms with Crippen LogP contribution < -0.4 is 0 Å². The van der Waals surface area contributed by atoms with Crippen LogP contribution in [0.15, 0.2) is 0 Å². The van der Waals surface area contributed by atoms with Crippen LogP contribution in [-0.2, 0) is 0 Å². The van der Waals surface area contributed by atoms with Crippen LogP contribution in [0, 0.1) is 112 Å². The molecule has 0 heterocycles. The zero-order chi connectivity index (χ0) is 21.0. The molecule has 28 heavy (non-hydrogen) atoms. The summed E-state index contributed by atoms with van der Waals surface area (Å²) in [6.45, 7) is 28.6. The topological polar surface area (TPSA) is 0 Å². The molecular formula is C27H54Nd. The largest absolute Gasteiger partial charge is 0.0622 e. The molecule has 12 unspecified atom stereocenters. The first kappa shape index (κ1) is 29.4. The van der Waals surface area contributed by atoms with E-state index in [0.717, 1.165) is 71.0 Å². The summed E-state index contributed by atoms with van der Waals surface area (Å²) in [5.74, 6) is 11.6. The quantitative estimate of drug-likeness (QED) is 0.298. The van der Waals surface area contributed by atoms with Crippen molar-refractivity contribution >= 4 is 0 Å². The van der Waals surface area contributed by atoms with E-state index in [-0.39, 0.29) is 40.8 Å². The van der Waals surface area contributed by atoms with Gasteiger partial charge in [-0.1, -0.05) is 83.1 Å². The zero-order valence-electron chi connectivity index (χ0n) is 21.5. The minimum Gasteiger partial charge on any atom is -0.0622 e. The number of hydrogen-bond acceptors (Lipinski definition) is 0. The molecule has 0 aromatic rings. The molecule has 3 saturated carbocycles. The van der Waals surface area contributed by atoms with Crippen molar-refractivity contribution in [3.8, 4) is 0 Å². The third-order valence-corrected chi connectivity index (χ3v) is 10.1. The molecule has 0 aromatic carbocycles. The molecule has 0 saturated heterocycles. The second-order valence-electron chi connectivity index (χ2n) is 11.7. The fourth-order valence-corrected chi connectivity index (χ4v) is 6.16. The van der Waals surface area contributed by atoms with Gasteiger partial charge in [-0.25, -0.2) is 0 Å². The van der Waals surface area contributed by atoms with Gasteiger partial charge >= 0.3 is 0 Å². The van der Waals surface area contributed by atoms with Crippen molar-refractivity contribution in [2.75, 3.05) is 0 Å². The molecule has 0 spiro atoms. The molecule has 3 rings (SSSR count). The normalized spacial score (nSPS) is 50.1. The molecule has 0 aromatic heterocycles. The van der Waals surface area contributed by atoms with Gasteiger partial charge in [-0.3, -0.25) is 0 Å². The van der Waals surface area contributed by atoms with Gasteiger partial charge in [0.1, 0.15) is 0 Å². The third kappa shape index (κ3) is 7.80. The molecule has 0 radical (unpaired) electrons. The van der Waals surface area contributed by atoms with Gasteiger partial charge in [0.2, 0.25) is 0 Å². The summed E-state index contributed by atoms with van der Waals surface area (Å²) in [5.41, 5.74) is 0. The predicted octanol–water partition coefficient (Wildman–Crippen LogP) is 8.80. The van der Waals surface area contributed by atoms with Gasteiger partial charge in [0.05, 0.1) is 0 Å². The minimum atomic E-state index is 0. The fourth-order valence-electron chi connectivity index (χ4n) is 6.16. The molecule has 3 aliphatic rings. The summed E-state index contributed by atoms with van der Waals surface area (Å²) in [6, 6.07) is 0. The molecule has 0 aliphatic heterocycles. The van der Waals surface area contributed by atoms with E-state index < -0.39 is 0 Å². The molecule has 3 fully saturated rings. The third-order valence-electron chi connectivity index (χ3n) is 10.1. The Balaban J connectivity index is 0.000000384. The van der Waals surface area contributed by atoms with E-state index in [9.17, 15) is 0 Å². The van der Waals surface area contributed by atoms with Crippen LogP contribution in [0.5, 0.6) is 0 Å². The molecule has 166 valence electrons. The van der Waals surface area contributed by atoms with Gasteiger partial charge in [0.25, 0.3) is 0 Å². The van der Waals surface area contributed by atoms with E-state index in [0.29, 0.717) is 0 Å². The molecule has 0 N–H and O–H groups in total. The van der Waals surface area contributed by atoms with Crippen molar-refractivity contribution < 1.29 is 40.8 Å². The van der Waals surface area contributed by atoms with Crippen LogP contribution in [0.4, 0.5) is 0 Å². The Kier molecular flexibility index (Phi) is 13.7. The first-order chi connectivity index (χ1) is 12.4. The van der Waals surface area contributed by atoms with Crippen molar-refractivity contribution in [3.63, 3.8) is 0 Å². The molecule has 0 amide bonds. The maximum atomic E-state index is 2.39. The molecular weight excluding hydrogens is 469 g/mol. The van der Waals surface area contributed by atoms with Crippen molar-refractivity contribution in [1.29, 1.82) is 0 Å². The fraction of sp³-hybridized carbons (Fsp3) is 1.00. The summed E-state index contributed by atoms with van der Waals surface area (Å²) < 4.78 is 0. The van der Waals surface area contributed by atoms with Crippen molar-refractivity contribution in [3.05, 3.63) is 0 Å². The van der Waals surface area contributed by atoms with Crippen LogP contribution in [0.3, 0.4) is 0 Å². The van der Waals surface area contributed by atoms with Gasteiger partial charge < -0.3 is 0 Å². The standard InChI is InChI=1S/3C9H18.Nd/c3*1-6-5-7(2)9(4)8(6)3;/h3*6-9H,5H2,1-4H3;. The van der Waals surface area contributed by atoms with Gasteiger partial charge in [-0.2, -0.15) is 0 Å². The molecule has 12 atom stereocenters. The van der Waals surface area contributed by atoms with Gasteiger partial charge in [-0.15, -0.1) is 0 Å². The maximum absolute atomic E-state index is 2.39. The van der Waals surface area contributed by atoms with Crippen molar-refractivity contribution in [2.45, 2.75) is 102 Å². The molecule has 1 heteroatoms. The Morgan fingerprint density at radius 2 is 0.393 bits per heavy atom. The van der Waals surface area contributed by atoms with E-state index in [1.54, 1.807) is 0 Å². The SMILES string of the molecule is CC1CC(C)C(C)C1C.CC1CC(C)C(C)C1C.CC1CC(C)C(C)C1C.[Nd]. The van der Waals surface area contributed by atoms with Crippen LogP contribution >= 0.6 is 0 Å². The maximum Gasteiger partial charge on any atom is 0 e. The second kappa shape index (κ2) is 13.0. The van der Waals surface area contributed by atoms with Gasteiger partial charge in [0.15, 0.2) is 0 Å². The summed E-state index contributed by atoms with van der Waals surface area (Å²) >= 11 is 0. The first-order valence-corrected chi connectivity index (χ1v) is 12.4. The second-order valence-corrected chi connectivity index (χ2v) is 11.7. The number of hydrogen-bond donors (Lipinski definition) is 0. The van der Waals surface area contributed by atoms with Crippen LogP contribution in [0.2, 0.25) is 0 Å². The summed E-state index contributed by atoms with van der Waals surface area (Å²) in [7, 11) is 0. The monoisotopic (exact) mass is 520 g/mol. The van der Waals surface area contributed by atoms with Crippen LogP contribution in [0.1, 0.15) is 102 Å². The van der Waals surface area contributed by atoms with E-state index in [2.05, 4.69) is 83.1 Å². The summed E-state index contributed by atoms with van der Waals surface area (Å²) in [5, 5.41) is 0. The Labute approximate surface area is 212 Å². The van der Waals surface area contributed by atoms with Crippen molar-refractivity contribution in [2.24, 2.45) is 71.0 Å². The average Bonchev–Trinajstić information content (AvgIpc) is 3.07. The smallest absolute Gasteiger partial charge is 0 e. The Bertz CT molecular complexity index is 321. The first-order valence-electron chi connectivity index (χ1n) is 12.4. The summed E-state index contributed by atoms with van der Waals surface area (Å²) in [4.78, 5) is 0. The Morgan fingerprint density at radius 3 is 0.429 bits per heavy atom. The van der Waals surface area contributed by atoms with Crippen LogP contribution in [0.25, 0.3) is 0 Å². The summed E-state index contributed by atoms with van der Waals surface area (Å²) in [6.07, 6.45) is 4.34. The zero-order valence-corrected chi connectivity index (χ0v) is 24.8. The van der Waals surface area contributed by atoms with Crippen LogP contribution in [-0.4, -0.2) is 0 Å². The van der Waals surface area contributed by atoms with E-state index in [1.165, 1.54) is 19.3 Å². The Hall–Kier alpha value is 1.35. The van der Waals surface area contributed by atoms with E-state index in [4.69, 9.17) is 0 Å². The van der Waals surface area contributed by atoms with Gasteiger partial charge in [0, 0.05) is 40.8 Å². The van der Waals surface area contributed by atoms with Gasteiger partial charge in [-0.05, 0) is 90.3 Å². The van der Waals surface area contributed by atoms with E-state index >= 15 is 0 Å². The minimum absolute atomic E-state index is 0. The molecule has 0 nitrogen and oxygen atoms in total. The Morgan fingerprint density at radius 1 is 0.286 bits per heavy atom.